The first-order valence-electron chi connectivity index (χ1n) is 7.38. The summed E-state index contributed by atoms with van der Waals surface area (Å²) in [6.07, 6.45) is 4.50. The number of carboxylic acid groups (broad SMARTS) is 1. The van der Waals surface area contributed by atoms with Gasteiger partial charge in [0.1, 0.15) is 0 Å². The van der Waals surface area contributed by atoms with Crippen molar-refractivity contribution >= 4 is 17.1 Å². The molecule has 1 aromatic heterocycles. The summed E-state index contributed by atoms with van der Waals surface area (Å²) in [5.74, 6) is -1.30. The quantitative estimate of drug-likeness (QED) is 0.463. The predicted octanol–water partition coefficient (Wildman–Crippen LogP) is -1.00. The number of aryl methyl sites for hydroxylation is 2. The summed E-state index contributed by atoms with van der Waals surface area (Å²) in [6.45, 7) is 2.60. The summed E-state index contributed by atoms with van der Waals surface area (Å²) in [7, 11) is 0. The van der Waals surface area contributed by atoms with Crippen LogP contribution in [0.5, 0.6) is 0 Å². The fourth-order valence-corrected chi connectivity index (χ4v) is 2.45. The normalized spacial score (nSPS) is 10.6. The monoisotopic (exact) mass is 313 g/mol. The average Bonchev–Trinajstić information content (AvgIpc) is 2.72. The Hall–Kier alpha value is -1.04. The largest absolute Gasteiger partial charge is 1.00 e. The number of nitrogens with zero attached hydrogens (tertiary/aromatic N) is 1. The van der Waals surface area contributed by atoms with E-state index in [0.717, 1.165) is 36.8 Å². The second-order valence-corrected chi connectivity index (χ2v) is 5.38. The number of hydrogen-bond acceptors (Lipinski definition) is 4. The summed E-state index contributed by atoms with van der Waals surface area (Å²) >= 11 is 0. The molecule has 5 nitrogen and oxygen atoms in total. The minimum Gasteiger partial charge on any atom is -0.550 e. The molecular formula is C16H20NNaO4. The molecule has 0 unspecified atom stereocenters. The topological polar surface area (TPSA) is 75.3 Å². The maximum Gasteiger partial charge on any atom is 1.00 e. The van der Waals surface area contributed by atoms with Crippen LogP contribution in [0.2, 0.25) is 0 Å². The third-order valence-corrected chi connectivity index (χ3v) is 3.59. The first kappa shape index (κ1) is 19.0. The van der Waals surface area contributed by atoms with Gasteiger partial charge in [0.15, 0.2) is 5.58 Å². The smallest absolute Gasteiger partial charge is 0.550 e. The molecule has 0 radical (unpaired) electrons. The van der Waals surface area contributed by atoms with E-state index in [1.165, 1.54) is 0 Å². The number of carbonyl (C=O) groups is 1. The van der Waals surface area contributed by atoms with Gasteiger partial charge >= 0.3 is 35.3 Å². The van der Waals surface area contributed by atoms with Gasteiger partial charge in [0.25, 0.3) is 0 Å². The molecule has 0 saturated carbocycles. The molecular weight excluding hydrogens is 293 g/mol. The Morgan fingerprint density at radius 2 is 1.86 bits per heavy atom. The minimum atomic E-state index is -0.985. The summed E-state index contributed by atoms with van der Waals surface area (Å²) in [4.78, 5) is 22.1. The van der Waals surface area contributed by atoms with Crippen LogP contribution in [-0.4, -0.2) is 10.5 Å². The SMILES string of the molecule is Cc1ccc2c(c1)oc(=O)n2CCCCCCCC(=O)[O-].[Na+]. The number of aliphatic carboxylic acids is 1. The first-order chi connectivity index (χ1) is 10.1. The summed E-state index contributed by atoms with van der Waals surface area (Å²) < 4.78 is 6.90. The molecule has 0 atom stereocenters. The van der Waals surface area contributed by atoms with Crippen LogP contribution in [0.15, 0.2) is 27.4 Å². The Kier molecular flexibility index (Phi) is 7.93. The van der Waals surface area contributed by atoms with Crippen LogP contribution < -0.4 is 40.4 Å². The van der Waals surface area contributed by atoms with Crippen LogP contribution in [-0.2, 0) is 11.3 Å². The summed E-state index contributed by atoms with van der Waals surface area (Å²) in [5, 5.41) is 10.3. The zero-order chi connectivity index (χ0) is 15.2. The number of aromatic nitrogens is 1. The van der Waals surface area contributed by atoms with Crippen LogP contribution in [0.3, 0.4) is 0 Å². The molecule has 114 valence electrons. The number of hydrogen-bond donors (Lipinski definition) is 0. The molecule has 0 amide bonds. The number of rotatable bonds is 8. The zero-order valence-electron chi connectivity index (χ0n) is 13.3. The Labute approximate surface area is 151 Å². The molecule has 2 rings (SSSR count). The van der Waals surface area contributed by atoms with Crippen molar-refractivity contribution in [2.24, 2.45) is 0 Å². The van der Waals surface area contributed by atoms with Crippen LogP contribution in [0, 0.1) is 6.92 Å². The van der Waals surface area contributed by atoms with Crippen LogP contribution in [0.25, 0.3) is 11.1 Å². The van der Waals surface area contributed by atoms with Gasteiger partial charge in [-0.15, -0.1) is 0 Å². The zero-order valence-corrected chi connectivity index (χ0v) is 15.3. The van der Waals surface area contributed by atoms with Crippen molar-refractivity contribution in [2.45, 2.75) is 52.0 Å². The third-order valence-electron chi connectivity index (χ3n) is 3.59. The van der Waals surface area contributed by atoms with Gasteiger partial charge in [-0.1, -0.05) is 25.3 Å². The number of benzene rings is 1. The van der Waals surface area contributed by atoms with Crippen LogP contribution in [0.4, 0.5) is 0 Å². The van der Waals surface area contributed by atoms with Crippen LogP contribution >= 0.6 is 0 Å². The molecule has 0 aliphatic rings. The molecule has 0 saturated heterocycles. The van der Waals surface area contributed by atoms with E-state index in [9.17, 15) is 14.7 Å². The maximum atomic E-state index is 11.8. The maximum absolute atomic E-state index is 11.8. The first-order valence-corrected chi connectivity index (χ1v) is 7.38. The molecule has 1 heterocycles. The van der Waals surface area contributed by atoms with Crippen molar-refractivity contribution in [3.05, 3.63) is 34.3 Å². The molecule has 22 heavy (non-hydrogen) atoms. The van der Waals surface area contributed by atoms with E-state index >= 15 is 0 Å². The van der Waals surface area contributed by atoms with Gasteiger partial charge in [-0.25, -0.2) is 4.79 Å². The minimum absolute atomic E-state index is 0. The van der Waals surface area contributed by atoms with E-state index in [1.807, 2.05) is 25.1 Å². The van der Waals surface area contributed by atoms with Crippen molar-refractivity contribution in [3.63, 3.8) is 0 Å². The Bertz CT molecular complexity index is 674. The molecule has 0 spiro atoms. The van der Waals surface area contributed by atoms with Crippen molar-refractivity contribution < 1.29 is 43.9 Å². The van der Waals surface area contributed by atoms with E-state index in [1.54, 1.807) is 4.57 Å². The van der Waals surface area contributed by atoms with Crippen molar-refractivity contribution in [2.75, 3.05) is 0 Å². The molecule has 0 aliphatic carbocycles. The molecule has 0 aliphatic heterocycles. The molecule has 6 heteroatoms. The van der Waals surface area contributed by atoms with Crippen LogP contribution in [0.1, 0.15) is 44.1 Å². The van der Waals surface area contributed by atoms with Gasteiger partial charge in [0, 0.05) is 12.5 Å². The van der Waals surface area contributed by atoms with Crippen molar-refractivity contribution in [1.82, 2.24) is 4.57 Å². The van der Waals surface area contributed by atoms with E-state index in [-0.39, 0.29) is 41.7 Å². The number of fused-ring (bicyclic) bond motifs is 1. The molecule has 0 bridgehead atoms. The fraction of sp³-hybridized carbons (Fsp3) is 0.500. The summed E-state index contributed by atoms with van der Waals surface area (Å²) in [6, 6.07) is 5.75. The van der Waals surface area contributed by atoms with Gasteiger partial charge < -0.3 is 14.3 Å². The standard InChI is InChI=1S/C16H21NO4.Na/c1-12-8-9-13-14(11-12)21-16(20)17(13)10-6-4-2-3-5-7-15(18)19;/h8-9,11H,2-7,10H2,1H3,(H,18,19);/q;+1/p-1. The van der Waals surface area contributed by atoms with Gasteiger partial charge in [-0.3, -0.25) is 4.57 Å². The number of carboxylic acids is 1. The van der Waals surface area contributed by atoms with Gasteiger partial charge in [0.2, 0.25) is 0 Å². The van der Waals surface area contributed by atoms with E-state index in [4.69, 9.17) is 4.42 Å². The molecule has 2 aromatic rings. The second kappa shape index (κ2) is 9.18. The summed E-state index contributed by atoms with van der Waals surface area (Å²) in [5.41, 5.74) is 2.54. The van der Waals surface area contributed by atoms with Gasteiger partial charge in [0.05, 0.1) is 5.52 Å². The number of oxazole rings is 1. The van der Waals surface area contributed by atoms with E-state index in [0.29, 0.717) is 18.5 Å². The molecule has 1 aromatic carbocycles. The fourth-order valence-electron chi connectivity index (χ4n) is 2.45. The van der Waals surface area contributed by atoms with Crippen molar-refractivity contribution in [1.29, 1.82) is 0 Å². The Balaban J connectivity index is 0.00000242. The number of unbranched alkanes of at least 4 members (excludes halogenated alkanes) is 4. The number of carbonyl (C=O) groups excluding carboxylic acids is 1. The van der Waals surface area contributed by atoms with Crippen molar-refractivity contribution in [3.8, 4) is 0 Å². The molecule has 0 N–H and O–H groups in total. The van der Waals surface area contributed by atoms with E-state index < -0.39 is 5.97 Å². The average molecular weight is 313 g/mol. The van der Waals surface area contributed by atoms with Gasteiger partial charge in [-0.2, -0.15) is 0 Å². The predicted molar refractivity (Wildman–Crippen MR) is 77.9 cm³/mol. The van der Waals surface area contributed by atoms with Gasteiger partial charge in [-0.05, 0) is 43.9 Å². The Morgan fingerprint density at radius 1 is 1.18 bits per heavy atom. The van der Waals surface area contributed by atoms with E-state index in [2.05, 4.69) is 0 Å². The second-order valence-electron chi connectivity index (χ2n) is 5.38. The Morgan fingerprint density at radius 3 is 2.59 bits per heavy atom. The molecule has 0 fully saturated rings. The third kappa shape index (κ3) is 5.30.